The van der Waals surface area contributed by atoms with E-state index in [4.69, 9.17) is 4.74 Å². The Morgan fingerprint density at radius 3 is 2.69 bits per heavy atom. The Morgan fingerprint density at radius 2 is 1.96 bits per heavy atom. The molecule has 3 rings (SSSR count). The molecule has 1 N–H and O–H groups in total. The number of nitrogens with one attached hydrogen (secondary N) is 1. The molecule has 0 radical (unpaired) electrons. The minimum atomic E-state index is -0.168. The average molecular weight is 366 g/mol. The molecule has 0 fully saturated rings. The third kappa shape index (κ3) is 4.11. The zero-order valence-electron chi connectivity index (χ0n) is 15.2. The van der Waals surface area contributed by atoms with Crippen molar-refractivity contribution in [2.45, 2.75) is 33.8 Å². The Labute approximate surface area is 157 Å². The van der Waals surface area contributed by atoms with Crippen LogP contribution in [0.1, 0.15) is 39.1 Å². The smallest absolute Gasteiger partial charge is 0.259 e. The van der Waals surface area contributed by atoms with E-state index in [9.17, 15) is 4.79 Å². The van der Waals surface area contributed by atoms with Crippen LogP contribution in [-0.4, -0.2) is 10.9 Å². The van der Waals surface area contributed by atoms with Crippen molar-refractivity contribution in [2.24, 2.45) is 0 Å². The number of nitrogens with zero attached hydrogens (tertiary/aromatic N) is 1. The molecule has 26 heavy (non-hydrogen) atoms. The van der Waals surface area contributed by atoms with Gasteiger partial charge in [-0.05, 0) is 43.5 Å². The molecule has 0 saturated carbocycles. The Balaban J connectivity index is 1.80. The van der Waals surface area contributed by atoms with Gasteiger partial charge in [-0.3, -0.25) is 4.79 Å². The van der Waals surface area contributed by atoms with Crippen molar-refractivity contribution < 1.29 is 9.53 Å². The first-order valence-corrected chi connectivity index (χ1v) is 9.49. The molecule has 0 aliphatic carbocycles. The maximum Gasteiger partial charge on any atom is 0.259 e. The molecule has 0 unspecified atom stereocenters. The fourth-order valence-electron chi connectivity index (χ4n) is 2.79. The summed E-state index contributed by atoms with van der Waals surface area (Å²) < 4.78 is 5.87. The van der Waals surface area contributed by atoms with Crippen molar-refractivity contribution >= 4 is 22.9 Å². The molecule has 0 aliphatic heterocycles. The van der Waals surface area contributed by atoms with Gasteiger partial charge in [-0.25, -0.2) is 4.98 Å². The molecule has 3 aromatic rings. The number of hydrogen-bond donors (Lipinski definition) is 1. The lowest BCUT2D eigenvalue weighted by Gasteiger charge is -2.15. The molecule has 1 aromatic heterocycles. The summed E-state index contributed by atoms with van der Waals surface area (Å²) in [7, 11) is 0. The number of aromatic nitrogens is 1. The summed E-state index contributed by atoms with van der Waals surface area (Å²) in [6.07, 6.45) is 0.860. The molecule has 0 bridgehead atoms. The maximum atomic E-state index is 12.9. The van der Waals surface area contributed by atoms with Crippen LogP contribution in [0.5, 0.6) is 5.75 Å². The zero-order chi connectivity index (χ0) is 18.5. The van der Waals surface area contributed by atoms with Crippen molar-refractivity contribution in [1.82, 2.24) is 4.98 Å². The van der Waals surface area contributed by atoms with Gasteiger partial charge in [0.25, 0.3) is 5.91 Å². The monoisotopic (exact) mass is 366 g/mol. The second-order valence-electron chi connectivity index (χ2n) is 6.06. The van der Waals surface area contributed by atoms with Crippen molar-refractivity contribution in [2.75, 3.05) is 5.32 Å². The first-order valence-electron chi connectivity index (χ1n) is 8.61. The van der Waals surface area contributed by atoms with E-state index in [-0.39, 0.29) is 5.91 Å². The zero-order valence-corrected chi connectivity index (χ0v) is 16.0. The van der Waals surface area contributed by atoms with Gasteiger partial charge in [-0.15, -0.1) is 11.3 Å². The van der Waals surface area contributed by atoms with Crippen LogP contribution in [0.2, 0.25) is 0 Å². The van der Waals surface area contributed by atoms with E-state index >= 15 is 0 Å². The van der Waals surface area contributed by atoms with Gasteiger partial charge in [-0.1, -0.05) is 37.3 Å². The van der Waals surface area contributed by atoms with E-state index in [0.717, 1.165) is 33.9 Å². The molecule has 0 spiro atoms. The highest BCUT2D eigenvalue weighted by Gasteiger charge is 2.15. The highest BCUT2D eigenvalue weighted by molar-refractivity contribution is 7.09. The first-order chi connectivity index (χ1) is 12.6. The predicted molar refractivity (Wildman–Crippen MR) is 106 cm³/mol. The number of hydrogen-bond acceptors (Lipinski definition) is 4. The van der Waals surface area contributed by atoms with E-state index in [1.807, 2.05) is 55.6 Å². The average Bonchev–Trinajstić information content (AvgIpc) is 3.07. The van der Waals surface area contributed by atoms with Crippen LogP contribution >= 0.6 is 11.3 Å². The third-order valence-corrected chi connectivity index (χ3v) is 4.97. The van der Waals surface area contributed by atoms with Gasteiger partial charge in [-0.2, -0.15) is 0 Å². The molecule has 0 aliphatic rings. The summed E-state index contributed by atoms with van der Waals surface area (Å²) in [6, 6.07) is 13.3. The van der Waals surface area contributed by atoms with Crippen LogP contribution in [0.3, 0.4) is 0 Å². The van der Waals surface area contributed by atoms with E-state index in [2.05, 4.69) is 17.2 Å². The van der Waals surface area contributed by atoms with Gasteiger partial charge in [0, 0.05) is 11.1 Å². The largest absolute Gasteiger partial charge is 0.486 e. The topological polar surface area (TPSA) is 51.2 Å². The summed E-state index contributed by atoms with van der Waals surface area (Å²) in [5.41, 5.74) is 4.44. The van der Waals surface area contributed by atoms with Gasteiger partial charge >= 0.3 is 0 Å². The standard InChI is InChI=1S/C21H22N2O2S/c1-4-16-9-7-8-14(2)20(16)23-21(24)18-10-5-6-11-19(18)25-12-17-13-26-15(3)22-17/h5-11,13H,4,12H2,1-3H3,(H,23,24). The summed E-state index contributed by atoms with van der Waals surface area (Å²) in [6.45, 7) is 6.39. The quantitative estimate of drug-likeness (QED) is 0.656. The van der Waals surface area contributed by atoms with E-state index in [1.54, 1.807) is 17.4 Å². The van der Waals surface area contributed by atoms with Crippen LogP contribution < -0.4 is 10.1 Å². The number of thiazole rings is 1. The predicted octanol–water partition coefficient (Wildman–Crippen LogP) is 5.15. The molecular formula is C21H22N2O2S. The lowest BCUT2D eigenvalue weighted by atomic mass is 10.1. The van der Waals surface area contributed by atoms with Crippen molar-refractivity contribution in [3.63, 3.8) is 0 Å². The lowest BCUT2D eigenvalue weighted by molar-refractivity contribution is 0.102. The summed E-state index contributed by atoms with van der Waals surface area (Å²) in [5.74, 6) is 0.390. The van der Waals surface area contributed by atoms with Gasteiger partial charge in [0.05, 0.1) is 16.3 Å². The fraction of sp³-hybridized carbons (Fsp3) is 0.238. The highest BCUT2D eigenvalue weighted by atomic mass is 32.1. The van der Waals surface area contributed by atoms with Crippen molar-refractivity contribution in [3.8, 4) is 5.75 Å². The molecule has 1 heterocycles. The van der Waals surface area contributed by atoms with Crippen LogP contribution in [0.4, 0.5) is 5.69 Å². The Hall–Kier alpha value is -2.66. The Kier molecular flexibility index (Phi) is 5.68. The second kappa shape index (κ2) is 8.15. The molecule has 1 amide bonds. The molecule has 134 valence electrons. The van der Waals surface area contributed by atoms with Crippen LogP contribution in [0, 0.1) is 13.8 Å². The first kappa shape index (κ1) is 18.1. The van der Waals surface area contributed by atoms with Crippen LogP contribution in [0.15, 0.2) is 47.8 Å². The van der Waals surface area contributed by atoms with E-state index in [0.29, 0.717) is 17.9 Å². The SMILES string of the molecule is CCc1cccc(C)c1NC(=O)c1ccccc1OCc1csc(C)n1. The number of para-hydroxylation sites is 2. The maximum absolute atomic E-state index is 12.9. The summed E-state index contributed by atoms with van der Waals surface area (Å²) >= 11 is 1.59. The van der Waals surface area contributed by atoms with Crippen LogP contribution in [-0.2, 0) is 13.0 Å². The Morgan fingerprint density at radius 1 is 1.15 bits per heavy atom. The lowest BCUT2D eigenvalue weighted by Crippen LogP contribution is -2.15. The number of benzene rings is 2. The highest BCUT2D eigenvalue weighted by Crippen LogP contribution is 2.25. The van der Waals surface area contributed by atoms with E-state index in [1.165, 1.54) is 0 Å². The van der Waals surface area contributed by atoms with E-state index < -0.39 is 0 Å². The second-order valence-corrected chi connectivity index (χ2v) is 7.12. The molecule has 0 atom stereocenters. The van der Waals surface area contributed by atoms with Crippen molar-refractivity contribution in [3.05, 3.63) is 75.2 Å². The minimum Gasteiger partial charge on any atom is -0.486 e. The minimum absolute atomic E-state index is 0.168. The molecule has 4 nitrogen and oxygen atoms in total. The van der Waals surface area contributed by atoms with Crippen molar-refractivity contribution in [1.29, 1.82) is 0 Å². The Bertz CT molecular complexity index is 918. The van der Waals surface area contributed by atoms with Gasteiger partial charge in [0.15, 0.2) is 0 Å². The summed E-state index contributed by atoms with van der Waals surface area (Å²) in [4.78, 5) is 17.3. The van der Waals surface area contributed by atoms with Gasteiger partial charge in [0.1, 0.15) is 12.4 Å². The molecule has 2 aromatic carbocycles. The molecular weight excluding hydrogens is 344 g/mol. The number of carbonyl (C=O) groups excluding carboxylic acids is 1. The number of rotatable bonds is 6. The van der Waals surface area contributed by atoms with Gasteiger partial charge < -0.3 is 10.1 Å². The normalized spacial score (nSPS) is 10.6. The number of carbonyl (C=O) groups is 1. The number of aryl methyl sites for hydroxylation is 3. The van der Waals surface area contributed by atoms with Gasteiger partial charge in [0.2, 0.25) is 0 Å². The van der Waals surface area contributed by atoms with Crippen LogP contribution in [0.25, 0.3) is 0 Å². The number of ether oxygens (including phenoxy) is 1. The fourth-order valence-corrected chi connectivity index (χ4v) is 3.39. The number of anilines is 1. The summed E-state index contributed by atoms with van der Waals surface area (Å²) in [5, 5.41) is 6.03. The number of amides is 1. The third-order valence-electron chi connectivity index (χ3n) is 4.15. The molecule has 5 heteroatoms. The molecule has 0 saturated heterocycles.